The molecule has 2 fully saturated rings. The van der Waals surface area contributed by atoms with Crippen LogP contribution in [0.1, 0.15) is 37.9 Å². The fourth-order valence-corrected chi connectivity index (χ4v) is 4.42. The maximum atomic E-state index is 5.48. The standard InChI is InChI=1S/C20H30N4O/c1-3-20(25-16-1)17-22-11-7-19(8-12-22)23-13-4-18(5-14-23)6-15-24-10-2-9-21-24/h1-3,9-10,16,18-19H,4-8,11-15,17H2. The van der Waals surface area contributed by atoms with Crippen molar-refractivity contribution in [3.05, 3.63) is 42.6 Å². The van der Waals surface area contributed by atoms with E-state index in [4.69, 9.17) is 4.42 Å². The summed E-state index contributed by atoms with van der Waals surface area (Å²) in [5, 5.41) is 4.32. The molecule has 4 heterocycles. The van der Waals surface area contributed by atoms with Gasteiger partial charge in [-0.15, -0.1) is 0 Å². The molecule has 0 aliphatic carbocycles. The van der Waals surface area contributed by atoms with Crippen LogP contribution < -0.4 is 0 Å². The highest BCUT2D eigenvalue weighted by molar-refractivity contribution is 4.98. The minimum absolute atomic E-state index is 0.792. The summed E-state index contributed by atoms with van der Waals surface area (Å²) in [6.45, 7) is 7.01. The highest BCUT2D eigenvalue weighted by atomic mass is 16.3. The van der Waals surface area contributed by atoms with Gasteiger partial charge in [-0.05, 0) is 69.3 Å². The van der Waals surface area contributed by atoms with Crippen LogP contribution in [0.15, 0.2) is 41.3 Å². The lowest BCUT2D eigenvalue weighted by Crippen LogP contribution is -2.47. The molecule has 0 unspecified atom stereocenters. The van der Waals surface area contributed by atoms with Crippen LogP contribution in [-0.2, 0) is 13.1 Å². The van der Waals surface area contributed by atoms with Gasteiger partial charge in [0.1, 0.15) is 5.76 Å². The molecule has 5 nitrogen and oxygen atoms in total. The van der Waals surface area contributed by atoms with Crippen LogP contribution in [-0.4, -0.2) is 51.8 Å². The Balaban J connectivity index is 1.16. The van der Waals surface area contributed by atoms with E-state index in [2.05, 4.69) is 31.8 Å². The molecule has 2 saturated heterocycles. The van der Waals surface area contributed by atoms with Gasteiger partial charge in [-0.1, -0.05) is 0 Å². The number of hydrogen-bond donors (Lipinski definition) is 0. The Morgan fingerprint density at radius 3 is 2.56 bits per heavy atom. The lowest BCUT2D eigenvalue weighted by Gasteiger charge is -2.41. The molecule has 0 amide bonds. The number of aromatic nitrogens is 2. The van der Waals surface area contributed by atoms with E-state index in [1.54, 1.807) is 6.26 Å². The molecule has 2 aromatic rings. The summed E-state index contributed by atoms with van der Waals surface area (Å²) in [4.78, 5) is 5.29. The Hall–Kier alpha value is -1.59. The predicted molar refractivity (Wildman–Crippen MR) is 98.1 cm³/mol. The Bertz CT molecular complexity index is 594. The van der Waals surface area contributed by atoms with Gasteiger partial charge in [0.05, 0.1) is 12.8 Å². The molecule has 2 aromatic heterocycles. The van der Waals surface area contributed by atoms with Gasteiger partial charge in [0, 0.05) is 38.1 Å². The number of nitrogens with zero attached hydrogens (tertiary/aromatic N) is 4. The SMILES string of the molecule is c1coc(CN2CCC(N3CCC(CCn4cccn4)CC3)CC2)c1. The van der Waals surface area contributed by atoms with Crippen LogP contribution >= 0.6 is 0 Å². The Labute approximate surface area is 150 Å². The molecule has 0 bridgehead atoms. The summed E-state index contributed by atoms with van der Waals surface area (Å²) in [6, 6.07) is 6.87. The quantitative estimate of drug-likeness (QED) is 0.808. The number of rotatable bonds is 6. The zero-order chi connectivity index (χ0) is 16.9. The topological polar surface area (TPSA) is 37.4 Å². The number of furan rings is 1. The van der Waals surface area contributed by atoms with Gasteiger partial charge in [-0.25, -0.2) is 0 Å². The third-order valence-electron chi connectivity index (χ3n) is 6.01. The molecule has 25 heavy (non-hydrogen) atoms. The number of piperidine rings is 2. The van der Waals surface area contributed by atoms with E-state index in [1.807, 2.05) is 18.3 Å². The highest BCUT2D eigenvalue weighted by Gasteiger charge is 2.28. The van der Waals surface area contributed by atoms with E-state index in [0.717, 1.165) is 30.8 Å². The lowest BCUT2D eigenvalue weighted by atomic mass is 9.91. The first-order chi connectivity index (χ1) is 12.4. The summed E-state index contributed by atoms with van der Waals surface area (Å²) in [5.74, 6) is 1.97. The first-order valence-electron chi connectivity index (χ1n) is 9.83. The van der Waals surface area contributed by atoms with Crippen LogP contribution in [0.2, 0.25) is 0 Å². The molecule has 0 aromatic carbocycles. The van der Waals surface area contributed by atoms with Gasteiger partial charge in [0.2, 0.25) is 0 Å². The second-order valence-electron chi connectivity index (χ2n) is 7.62. The maximum absolute atomic E-state index is 5.48. The van der Waals surface area contributed by atoms with Crippen molar-refractivity contribution in [2.24, 2.45) is 5.92 Å². The number of hydrogen-bond acceptors (Lipinski definition) is 4. The molecule has 5 heteroatoms. The van der Waals surface area contributed by atoms with Gasteiger partial charge < -0.3 is 9.32 Å². The van der Waals surface area contributed by atoms with Crippen LogP contribution in [0, 0.1) is 5.92 Å². The van der Waals surface area contributed by atoms with Gasteiger partial charge in [-0.3, -0.25) is 9.58 Å². The van der Waals surface area contributed by atoms with Gasteiger partial charge in [-0.2, -0.15) is 5.10 Å². The first-order valence-corrected chi connectivity index (χ1v) is 9.83. The summed E-state index contributed by atoms with van der Waals surface area (Å²) < 4.78 is 7.55. The fourth-order valence-electron chi connectivity index (χ4n) is 4.42. The van der Waals surface area contributed by atoms with Crippen LogP contribution in [0.4, 0.5) is 0 Å². The van der Waals surface area contributed by atoms with E-state index < -0.39 is 0 Å². The number of aryl methyl sites for hydroxylation is 1. The molecule has 0 saturated carbocycles. The normalized spacial score (nSPS) is 21.8. The third kappa shape index (κ3) is 4.53. The second kappa shape index (κ2) is 8.19. The van der Waals surface area contributed by atoms with E-state index in [1.165, 1.54) is 58.3 Å². The number of likely N-dealkylation sites (tertiary alicyclic amines) is 2. The third-order valence-corrected chi connectivity index (χ3v) is 6.01. The molecule has 0 atom stereocenters. The van der Waals surface area contributed by atoms with E-state index in [0.29, 0.717) is 0 Å². The average Bonchev–Trinajstić information content (AvgIpc) is 3.35. The molecule has 0 N–H and O–H groups in total. The van der Waals surface area contributed by atoms with Crippen LogP contribution in [0.3, 0.4) is 0 Å². The minimum Gasteiger partial charge on any atom is -0.468 e. The van der Waals surface area contributed by atoms with Crippen LogP contribution in [0.25, 0.3) is 0 Å². The molecular formula is C20H30N4O. The maximum Gasteiger partial charge on any atom is 0.117 e. The summed E-state index contributed by atoms with van der Waals surface area (Å²) in [7, 11) is 0. The monoisotopic (exact) mass is 342 g/mol. The van der Waals surface area contributed by atoms with Crippen molar-refractivity contribution in [1.29, 1.82) is 0 Å². The van der Waals surface area contributed by atoms with E-state index in [9.17, 15) is 0 Å². The van der Waals surface area contributed by atoms with E-state index >= 15 is 0 Å². The molecule has 0 radical (unpaired) electrons. The summed E-state index contributed by atoms with van der Waals surface area (Å²) >= 11 is 0. The van der Waals surface area contributed by atoms with Crippen molar-refractivity contribution in [3.63, 3.8) is 0 Å². The first kappa shape index (κ1) is 16.9. The molecule has 2 aliphatic heterocycles. The van der Waals surface area contributed by atoms with E-state index in [-0.39, 0.29) is 0 Å². The lowest BCUT2D eigenvalue weighted by molar-refractivity contribution is 0.0707. The van der Waals surface area contributed by atoms with Crippen molar-refractivity contribution >= 4 is 0 Å². The van der Waals surface area contributed by atoms with Gasteiger partial charge >= 0.3 is 0 Å². The Kier molecular flexibility index (Phi) is 5.52. The van der Waals surface area contributed by atoms with Crippen molar-refractivity contribution in [2.45, 2.75) is 51.2 Å². The largest absolute Gasteiger partial charge is 0.468 e. The van der Waals surface area contributed by atoms with Crippen LogP contribution in [0.5, 0.6) is 0 Å². The van der Waals surface area contributed by atoms with Crippen molar-refractivity contribution in [1.82, 2.24) is 19.6 Å². The molecular weight excluding hydrogens is 312 g/mol. The molecule has 2 aliphatic rings. The highest BCUT2D eigenvalue weighted by Crippen LogP contribution is 2.26. The molecule has 4 rings (SSSR count). The van der Waals surface area contributed by atoms with Crippen molar-refractivity contribution < 1.29 is 4.42 Å². The Morgan fingerprint density at radius 1 is 1.04 bits per heavy atom. The van der Waals surface area contributed by atoms with Crippen molar-refractivity contribution in [3.8, 4) is 0 Å². The smallest absolute Gasteiger partial charge is 0.117 e. The predicted octanol–water partition coefficient (Wildman–Crippen LogP) is 3.24. The van der Waals surface area contributed by atoms with Gasteiger partial charge in [0.25, 0.3) is 0 Å². The second-order valence-corrected chi connectivity index (χ2v) is 7.62. The zero-order valence-electron chi connectivity index (χ0n) is 15.1. The summed E-state index contributed by atoms with van der Waals surface area (Å²) in [5.41, 5.74) is 0. The molecule has 0 spiro atoms. The average molecular weight is 342 g/mol. The van der Waals surface area contributed by atoms with Crippen molar-refractivity contribution in [2.75, 3.05) is 26.2 Å². The minimum atomic E-state index is 0.792. The fraction of sp³-hybridized carbons (Fsp3) is 0.650. The Morgan fingerprint density at radius 2 is 1.88 bits per heavy atom. The summed E-state index contributed by atoms with van der Waals surface area (Å²) in [6.07, 6.45) is 12.3. The zero-order valence-corrected chi connectivity index (χ0v) is 15.1. The molecule has 136 valence electrons. The van der Waals surface area contributed by atoms with Gasteiger partial charge in [0.15, 0.2) is 0 Å².